The van der Waals surface area contributed by atoms with Gasteiger partial charge in [0.05, 0.1) is 5.69 Å². The maximum Gasteiger partial charge on any atom is 0.164 e. The Bertz CT molecular complexity index is 2150. The van der Waals surface area contributed by atoms with Crippen molar-refractivity contribution < 1.29 is 4.42 Å². The number of hydrogen-bond acceptors (Lipinski definition) is 5. The Kier molecular flexibility index (Phi) is 6.05. The zero-order valence-corrected chi connectivity index (χ0v) is 23.1. The Morgan fingerprint density at radius 1 is 0.419 bits per heavy atom. The molecule has 0 unspecified atom stereocenters. The summed E-state index contributed by atoms with van der Waals surface area (Å²) < 4.78 is 6.56. The summed E-state index contributed by atoms with van der Waals surface area (Å²) in [5, 5.41) is 1.99. The molecule has 202 valence electrons. The molecule has 0 atom stereocenters. The minimum atomic E-state index is 0.603. The zero-order valence-electron chi connectivity index (χ0n) is 23.1. The Hall–Kier alpha value is -5.94. The molecule has 8 aromatic rings. The van der Waals surface area contributed by atoms with Gasteiger partial charge in [-0.1, -0.05) is 121 Å². The molecule has 5 aromatic carbocycles. The predicted molar refractivity (Wildman–Crippen MR) is 172 cm³/mol. The monoisotopic (exact) mass is 552 g/mol. The van der Waals surface area contributed by atoms with Crippen LogP contribution < -0.4 is 0 Å². The summed E-state index contributed by atoms with van der Waals surface area (Å²) in [5.41, 5.74) is 8.50. The Morgan fingerprint density at radius 2 is 1.02 bits per heavy atom. The molecule has 43 heavy (non-hydrogen) atoms. The molecule has 0 aliphatic heterocycles. The maximum absolute atomic E-state index is 6.56. The molecule has 0 radical (unpaired) electrons. The van der Waals surface area contributed by atoms with E-state index in [2.05, 4.69) is 53.5 Å². The first-order valence-corrected chi connectivity index (χ1v) is 14.2. The van der Waals surface area contributed by atoms with Gasteiger partial charge in [-0.15, -0.1) is 0 Å². The molecule has 8 rings (SSSR count). The van der Waals surface area contributed by atoms with Crippen molar-refractivity contribution in [2.24, 2.45) is 0 Å². The SMILES string of the molecule is c1ccc(-c2nc(-c3ccccc3)nc(-c3cccc4oc5c(-c6ccc(-c7ccccn7)cc6)cccc5c34)n2)cc1. The van der Waals surface area contributed by atoms with Gasteiger partial charge in [0, 0.05) is 44.8 Å². The average Bonchev–Trinajstić information content (AvgIpc) is 3.49. The Balaban J connectivity index is 1.30. The molecular weight excluding hydrogens is 528 g/mol. The largest absolute Gasteiger partial charge is 0.455 e. The third kappa shape index (κ3) is 4.53. The van der Waals surface area contributed by atoms with Crippen LogP contribution in [0.3, 0.4) is 0 Å². The Morgan fingerprint density at radius 3 is 1.70 bits per heavy atom. The van der Waals surface area contributed by atoms with Crippen LogP contribution in [0.15, 0.2) is 150 Å². The summed E-state index contributed by atoms with van der Waals surface area (Å²) in [7, 11) is 0. The lowest BCUT2D eigenvalue weighted by molar-refractivity contribution is 0.670. The molecule has 0 fully saturated rings. The van der Waals surface area contributed by atoms with E-state index >= 15 is 0 Å². The first-order chi connectivity index (χ1) is 21.3. The zero-order chi connectivity index (χ0) is 28.6. The molecule has 0 amide bonds. The van der Waals surface area contributed by atoms with Crippen molar-refractivity contribution in [3.05, 3.63) is 146 Å². The van der Waals surface area contributed by atoms with E-state index in [-0.39, 0.29) is 0 Å². The second kappa shape index (κ2) is 10.5. The van der Waals surface area contributed by atoms with E-state index in [0.29, 0.717) is 17.5 Å². The topological polar surface area (TPSA) is 64.7 Å². The molecule has 5 nitrogen and oxygen atoms in total. The van der Waals surface area contributed by atoms with Crippen molar-refractivity contribution in [1.82, 2.24) is 19.9 Å². The number of para-hydroxylation sites is 1. The third-order valence-electron chi connectivity index (χ3n) is 7.62. The number of fused-ring (bicyclic) bond motifs is 3. The molecule has 0 aliphatic rings. The van der Waals surface area contributed by atoms with Crippen molar-refractivity contribution in [1.29, 1.82) is 0 Å². The fourth-order valence-electron chi connectivity index (χ4n) is 5.54. The van der Waals surface area contributed by atoms with Crippen LogP contribution in [0.2, 0.25) is 0 Å². The summed E-state index contributed by atoms with van der Waals surface area (Å²) >= 11 is 0. The molecule has 0 saturated heterocycles. The number of furan rings is 1. The van der Waals surface area contributed by atoms with E-state index in [1.54, 1.807) is 0 Å². The second-order valence-electron chi connectivity index (χ2n) is 10.3. The van der Waals surface area contributed by atoms with Crippen LogP contribution >= 0.6 is 0 Å². The number of aromatic nitrogens is 4. The van der Waals surface area contributed by atoms with Gasteiger partial charge in [-0.05, 0) is 23.8 Å². The van der Waals surface area contributed by atoms with E-state index in [0.717, 1.165) is 61.0 Å². The van der Waals surface area contributed by atoms with Gasteiger partial charge in [-0.25, -0.2) is 15.0 Å². The minimum Gasteiger partial charge on any atom is -0.455 e. The van der Waals surface area contributed by atoms with Crippen molar-refractivity contribution >= 4 is 21.9 Å². The standard InChI is InChI=1S/C38H24N4O/c1-3-11-27(12-4-1)36-40-37(28-13-5-2-6-14-28)42-38(41-36)31-17-10-19-33-34(31)30-16-9-15-29(35(30)43-33)25-20-22-26(23-21-25)32-18-7-8-24-39-32/h1-24H. The lowest BCUT2D eigenvalue weighted by Crippen LogP contribution is -2.00. The van der Waals surface area contributed by atoms with Crippen molar-refractivity contribution in [3.8, 4) is 56.5 Å². The van der Waals surface area contributed by atoms with Crippen molar-refractivity contribution in [3.63, 3.8) is 0 Å². The van der Waals surface area contributed by atoms with E-state index in [1.807, 2.05) is 97.2 Å². The Labute approximate surface area is 248 Å². The van der Waals surface area contributed by atoms with Gasteiger partial charge in [0.2, 0.25) is 0 Å². The van der Waals surface area contributed by atoms with Crippen molar-refractivity contribution in [2.45, 2.75) is 0 Å². The van der Waals surface area contributed by atoms with Crippen LogP contribution in [0.1, 0.15) is 0 Å². The summed E-state index contributed by atoms with van der Waals surface area (Å²) in [6.45, 7) is 0. The summed E-state index contributed by atoms with van der Waals surface area (Å²) in [4.78, 5) is 19.3. The normalized spacial score (nSPS) is 11.3. The highest BCUT2D eigenvalue weighted by atomic mass is 16.3. The van der Waals surface area contributed by atoms with E-state index < -0.39 is 0 Å². The molecule has 5 heteroatoms. The molecule has 0 spiro atoms. The van der Waals surface area contributed by atoms with Crippen LogP contribution in [-0.2, 0) is 0 Å². The van der Waals surface area contributed by atoms with Gasteiger partial charge in [0.15, 0.2) is 17.5 Å². The number of pyridine rings is 1. The molecule has 0 saturated carbocycles. The van der Waals surface area contributed by atoms with Crippen LogP contribution in [0.25, 0.3) is 78.5 Å². The van der Waals surface area contributed by atoms with Gasteiger partial charge in [-0.3, -0.25) is 4.98 Å². The summed E-state index contributed by atoms with van der Waals surface area (Å²) in [6.07, 6.45) is 1.81. The minimum absolute atomic E-state index is 0.603. The fraction of sp³-hybridized carbons (Fsp3) is 0. The van der Waals surface area contributed by atoms with Gasteiger partial charge < -0.3 is 4.42 Å². The number of rotatable bonds is 5. The smallest absolute Gasteiger partial charge is 0.164 e. The molecule has 0 aliphatic carbocycles. The number of nitrogens with zero attached hydrogens (tertiary/aromatic N) is 4. The van der Waals surface area contributed by atoms with Gasteiger partial charge in [-0.2, -0.15) is 0 Å². The van der Waals surface area contributed by atoms with Crippen LogP contribution in [0.4, 0.5) is 0 Å². The van der Waals surface area contributed by atoms with Gasteiger partial charge in [0.25, 0.3) is 0 Å². The molecule has 3 aromatic heterocycles. The second-order valence-corrected chi connectivity index (χ2v) is 10.3. The summed E-state index contributed by atoms with van der Waals surface area (Å²) in [5.74, 6) is 1.86. The van der Waals surface area contributed by atoms with Crippen LogP contribution in [0, 0.1) is 0 Å². The predicted octanol–water partition coefficient (Wildman–Crippen LogP) is 9.50. The van der Waals surface area contributed by atoms with E-state index in [9.17, 15) is 0 Å². The van der Waals surface area contributed by atoms with Gasteiger partial charge in [0.1, 0.15) is 11.2 Å². The highest BCUT2D eigenvalue weighted by molar-refractivity contribution is 6.15. The number of hydrogen-bond donors (Lipinski definition) is 0. The quantitative estimate of drug-likeness (QED) is 0.213. The first kappa shape index (κ1) is 24.8. The van der Waals surface area contributed by atoms with Crippen LogP contribution in [0.5, 0.6) is 0 Å². The van der Waals surface area contributed by atoms with Crippen molar-refractivity contribution in [2.75, 3.05) is 0 Å². The molecule has 0 N–H and O–H groups in total. The average molecular weight is 553 g/mol. The number of benzene rings is 5. The summed E-state index contributed by atoms with van der Waals surface area (Å²) in [6, 6.07) is 46.8. The third-order valence-corrected chi connectivity index (χ3v) is 7.62. The lowest BCUT2D eigenvalue weighted by Gasteiger charge is -2.09. The lowest BCUT2D eigenvalue weighted by atomic mass is 9.99. The maximum atomic E-state index is 6.56. The highest BCUT2D eigenvalue weighted by Gasteiger charge is 2.19. The fourth-order valence-corrected chi connectivity index (χ4v) is 5.54. The molecule has 0 bridgehead atoms. The van der Waals surface area contributed by atoms with Crippen LogP contribution in [-0.4, -0.2) is 19.9 Å². The van der Waals surface area contributed by atoms with E-state index in [1.165, 1.54) is 0 Å². The highest BCUT2D eigenvalue weighted by Crippen LogP contribution is 2.40. The van der Waals surface area contributed by atoms with E-state index in [4.69, 9.17) is 19.4 Å². The molecular formula is C38H24N4O. The first-order valence-electron chi connectivity index (χ1n) is 14.2. The molecule has 3 heterocycles. The van der Waals surface area contributed by atoms with Gasteiger partial charge >= 0.3 is 0 Å².